The van der Waals surface area contributed by atoms with Crippen molar-refractivity contribution in [1.29, 1.82) is 0 Å². The third kappa shape index (κ3) is 1.59. The molecule has 2 aliphatic rings. The van der Waals surface area contributed by atoms with Gasteiger partial charge < -0.3 is 14.8 Å². The number of ether oxygens (including phenoxy) is 2. The van der Waals surface area contributed by atoms with E-state index in [1.165, 1.54) is 0 Å². The fourth-order valence-electron chi connectivity index (χ4n) is 2.25. The third-order valence-electron chi connectivity index (χ3n) is 3.21. The summed E-state index contributed by atoms with van der Waals surface area (Å²) in [6, 6.07) is 0. The van der Waals surface area contributed by atoms with Crippen molar-refractivity contribution in [3.63, 3.8) is 0 Å². The molecule has 0 spiro atoms. The van der Waals surface area contributed by atoms with E-state index in [0.717, 1.165) is 7.11 Å². The van der Waals surface area contributed by atoms with Crippen LogP contribution in [0.1, 0.15) is 0 Å². The number of piperidine rings is 1. The van der Waals surface area contributed by atoms with Crippen LogP contribution < -0.4 is 5.32 Å². The van der Waals surface area contributed by atoms with Crippen LogP contribution in [0, 0.1) is 11.3 Å². The smallest absolute Gasteiger partial charge is 0.321 e. The number of esters is 1. The lowest BCUT2D eigenvalue weighted by atomic mass is 9.71. The number of rotatable bonds is 1. The predicted octanol–water partition coefficient (Wildman–Crippen LogP) is 0.452. The van der Waals surface area contributed by atoms with Crippen LogP contribution in [0.4, 0.5) is 8.78 Å². The first kappa shape index (κ1) is 13.6. The van der Waals surface area contributed by atoms with E-state index in [1.54, 1.807) is 0 Å². The molecule has 1 N–H and O–H groups in total. The van der Waals surface area contributed by atoms with Crippen LogP contribution >= 0.6 is 12.4 Å². The van der Waals surface area contributed by atoms with Crippen molar-refractivity contribution >= 4 is 18.4 Å². The van der Waals surface area contributed by atoms with Gasteiger partial charge in [0.25, 0.3) is 5.92 Å². The van der Waals surface area contributed by atoms with Gasteiger partial charge in [0.1, 0.15) is 0 Å². The Kier molecular flexibility index (Phi) is 3.76. The fourth-order valence-corrected chi connectivity index (χ4v) is 2.25. The molecule has 7 heteroatoms. The van der Waals surface area contributed by atoms with E-state index < -0.39 is 23.2 Å². The highest BCUT2D eigenvalue weighted by Gasteiger charge is 2.67. The quantitative estimate of drug-likeness (QED) is 0.693. The summed E-state index contributed by atoms with van der Waals surface area (Å²) < 4.78 is 37.5. The van der Waals surface area contributed by atoms with E-state index in [9.17, 15) is 13.6 Å². The number of fused-ring (bicyclic) bond motifs is 2. The number of carbonyl (C=O) groups is 1. The second-order valence-corrected chi connectivity index (χ2v) is 4.04. The fraction of sp³-hybridized carbons (Fsp3) is 0.889. The average molecular weight is 258 g/mol. The molecule has 2 aliphatic heterocycles. The molecule has 2 fully saturated rings. The molecule has 2 rings (SSSR count). The van der Waals surface area contributed by atoms with Gasteiger partial charge in [-0.25, -0.2) is 8.78 Å². The van der Waals surface area contributed by atoms with E-state index in [2.05, 4.69) is 10.1 Å². The molecular formula is C9H14ClF2NO3. The van der Waals surface area contributed by atoms with Gasteiger partial charge in [0.15, 0.2) is 5.41 Å². The molecule has 0 amide bonds. The zero-order chi connectivity index (χ0) is 11.1. The molecule has 2 bridgehead atoms. The Balaban J connectivity index is 0.00000128. The van der Waals surface area contributed by atoms with E-state index in [4.69, 9.17) is 4.74 Å². The molecule has 0 aromatic carbocycles. The van der Waals surface area contributed by atoms with Crippen molar-refractivity contribution in [2.24, 2.45) is 11.3 Å². The highest BCUT2D eigenvalue weighted by molar-refractivity contribution is 5.85. The summed E-state index contributed by atoms with van der Waals surface area (Å²) in [7, 11) is 1.12. The summed E-state index contributed by atoms with van der Waals surface area (Å²) in [5, 5.41) is 2.84. The average Bonchev–Trinajstić information content (AvgIpc) is 2.15. The van der Waals surface area contributed by atoms with Crippen LogP contribution in [0.15, 0.2) is 0 Å². The van der Waals surface area contributed by atoms with Crippen LogP contribution in [0.3, 0.4) is 0 Å². The summed E-state index contributed by atoms with van der Waals surface area (Å²) >= 11 is 0. The van der Waals surface area contributed by atoms with E-state index in [0.29, 0.717) is 0 Å². The number of halogens is 3. The molecule has 2 atom stereocenters. The van der Waals surface area contributed by atoms with Crippen LogP contribution in [-0.4, -0.2) is 45.3 Å². The topological polar surface area (TPSA) is 47.6 Å². The number of nitrogens with one attached hydrogen (secondary N) is 1. The minimum absolute atomic E-state index is 0. The molecule has 0 saturated carbocycles. The Hall–Kier alpha value is -0.460. The van der Waals surface area contributed by atoms with Crippen molar-refractivity contribution < 1.29 is 23.0 Å². The molecule has 16 heavy (non-hydrogen) atoms. The van der Waals surface area contributed by atoms with Crippen molar-refractivity contribution in [3.05, 3.63) is 0 Å². The van der Waals surface area contributed by atoms with Gasteiger partial charge in [-0.05, 0) is 0 Å². The molecule has 0 aromatic rings. The first-order valence-electron chi connectivity index (χ1n) is 4.79. The lowest BCUT2D eigenvalue weighted by Crippen LogP contribution is -2.68. The SMILES string of the molecule is COC(=O)C12CNCC(COC1)C2(F)F.Cl. The van der Waals surface area contributed by atoms with Gasteiger partial charge >= 0.3 is 5.97 Å². The summed E-state index contributed by atoms with van der Waals surface area (Å²) in [5.74, 6) is -4.90. The van der Waals surface area contributed by atoms with Gasteiger partial charge in [0.05, 0.1) is 26.2 Å². The van der Waals surface area contributed by atoms with Crippen LogP contribution in [0.5, 0.6) is 0 Å². The first-order chi connectivity index (χ1) is 7.04. The number of carbonyl (C=O) groups excluding carboxylic acids is 1. The van der Waals surface area contributed by atoms with E-state index in [-0.39, 0.29) is 38.7 Å². The summed E-state index contributed by atoms with van der Waals surface area (Å²) in [4.78, 5) is 11.5. The van der Waals surface area contributed by atoms with Gasteiger partial charge in [-0.2, -0.15) is 0 Å². The number of methoxy groups -OCH3 is 1. The maximum Gasteiger partial charge on any atom is 0.321 e. The minimum Gasteiger partial charge on any atom is -0.468 e. The molecule has 94 valence electrons. The maximum atomic E-state index is 14.0. The van der Waals surface area contributed by atoms with Crippen molar-refractivity contribution in [2.45, 2.75) is 5.92 Å². The molecule has 4 nitrogen and oxygen atoms in total. The second-order valence-electron chi connectivity index (χ2n) is 4.04. The Morgan fingerprint density at radius 2 is 2.25 bits per heavy atom. The maximum absolute atomic E-state index is 14.0. The zero-order valence-corrected chi connectivity index (χ0v) is 9.61. The van der Waals surface area contributed by atoms with Crippen LogP contribution in [-0.2, 0) is 14.3 Å². The monoisotopic (exact) mass is 257 g/mol. The van der Waals surface area contributed by atoms with Crippen LogP contribution in [0.2, 0.25) is 0 Å². The largest absolute Gasteiger partial charge is 0.468 e. The standard InChI is InChI=1S/C9H13F2NO3.ClH/c1-14-7(13)8-4-12-2-6(3-15-5-8)9(8,10)11;/h6,12H,2-5H2,1H3;1H. The summed E-state index contributed by atoms with van der Waals surface area (Å²) in [5.41, 5.74) is -1.84. The van der Waals surface area contributed by atoms with Crippen molar-refractivity contribution in [3.8, 4) is 0 Å². The Morgan fingerprint density at radius 1 is 1.56 bits per heavy atom. The molecule has 0 aromatic heterocycles. The molecule has 0 aliphatic carbocycles. The van der Waals surface area contributed by atoms with Gasteiger partial charge in [-0.3, -0.25) is 4.79 Å². The molecule has 2 unspecified atom stereocenters. The van der Waals surface area contributed by atoms with Gasteiger partial charge in [0.2, 0.25) is 0 Å². The highest BCUT2D eigenvalue weighted by Crippen LogP contribution is 2.48. The molecule has 2 heterocycles. The summed E-state index contributed by atoms with van der Waals surface area (Å²) in [6.45, 7) is -0.218. The Labute approximate surface area is 98.1 Å². The highest BCUT2D eigenvalue weighted by atomic mass is 35.5. The minimum atomic E-state index is -3.05. The third-order valence-corrected chi connectivity index (χ3v) is 3.21. The molecular weight excluding hydrogens is 244 g/mol. The number of hydrogen-bond donors (Lipinski definition) is 1. The molecule has 0 radical (unpaired) electrons. The predicted molar refractivity (Wildman–Crippen MR) is 53.8 cm³/mol. The molecule has 2 saturated heterocycles. The Morgan fingerprint density at radius 3 is 2.88 bits per heavy atom. The van der Waals surface area contributed by atoms with Crippen molar-refractivity contribution in [2.75, 3.05) is 33.4 Å². The number of hydrogen-bond acceptors (Lipinski definition) is 4. The van der Waals surface area contributed by atoms with Gasteiger partial charge in [-0.15, -0.1) is 12.4 Å². The van der Waals surface area contributed by atoms with E-state index in [1.807, 2.05) is 0 Å². The first-order valence-corrected chi connectivity index (χ1v) is 4.79. The lowest BCUT2D eigenvalue weighted by Gasteiger charge is -2.48. The second kappa shape index (κ2) is 4.43. The van der Waals surface area contributed by atoms with E-state index >= 15 is 0 Å². The zero-order valence-electron chi connectivity index (χ0n) is 8.79. The number of alkyl halides is 2. The normalized spacial score (nSPS) is 36.1. The lowest BCUT2D eigenvalue weighted by molar-refractivity contribution is -0.251. The van der Waals surface area contributed by atoms with Gasteiger partial charge in [0, 0.05) is 13.1 Å². The Bertz CT molecular complexity index is 278. The van der Waals surface area contributed by atoms with Gasteiger partial charge in [-0.1, -0.05) is 0 Å². The van der Waals surface area contributed by atoms with Crippen molar-refractivity contribution in [1.82, 2.24) is 5.32 Å². The van der Waals surface area contributed by atoms with Crippen LogP contribution in [0.25, 0.3) is 0 Å². The summed E-state index contributed by atoms with van der Waals surface area (Å²) in [6.07, 6.45) is 0.